The highest BCUT2D eigenvalue weighted by Gasteiger charge is 2.35. The number of carbonyl (C=O) groups excluding carboxylic acids is 2. The Morgan fingerprint density at radius 2 is 2.04 bits per heavy atom. The fourth-order valence-electron chi connectivity index (χ4n) is 3.68. The fourth-order valence-corrected chi connectivity index (χ4v) is 3.68. The van der Waals surface area contributed by atoms with Gasteiger partial charge < -0.3 is 14.7 Å². The van der Waals surface area contributed by atoms with Gasteiger partial charge in [-0.15, -0.1) is 0 Å². The van der Waals surface area contributed by atoms with Crippen LogP contribution in [0, 0.1) is 6.92 Å². The van der Waals surface area contributed by atoms with Crippen molar-refractivity contribution in [3.8, 4) is 0 Å². The molecule has 2 aliphatic heterocycles. The summed E-state index contributed by atoms with van der Waals surface area (Å²) < 4.78 is 5.26. The molecular formula is C18H20N4O3. The molecule has 2 aliphatic rings. The first-order valence-electron chi connectivity index (χ1n) is 8.59. The lowest BCUT2D eigenvalue weighted by Crippen LogP contribution is -2.42. The molecule has 1 unspecified atom stereocenters. The third-order valence-electron chi connectivity index (χ3n) is 5.00. The van der Waals surface area contributed by atoms with E-state index in [0.29, 0.717) is 24.8 Å². The van der Waals surface area contributed by atoms with Crippen molar-refractivity contribution in [2.75, 3.05) is 18.4 Å². The maximum atomic E-state index is 13.0. The van der Waals surface area contributed by atoms with Crippen molar-refractivity contribution in [3.05, 3.63) is 41.5 Å². The van der Waals surface area contributed by atoms with Crippen LogP contribution in [0.3, 0.4) is 0 Å². The maximum Gasteiger partial charge on any atom is 0.230 e. The number of aromatic nitrogens is 2. The van der Waals surface area contributed by atoms with Crippen LogP contribution >= 0.6 is 0 Å². The Hall–Kier alpha value is -2.70. The third kappa shape index (κ3) is 3.01. The molecule has 130 valence electrons. The van der Waals surface area contributed by atoms with E-state index in [0.717, 1.165) is 24.1 Å². The highest BCUT2D eigenvalue weighted by Crippen LogP contribution is 2.35. The van der Waals surface area contributed by atoms with Gasteiger partial charge in [0.2, 0.25) is 17.7 Å². The quantitative estimate of drug-likeness (QED) is 0.905. The van der Waals surface area contributed by atoms with Gasteiger partial charge in [-0.3, -0.25) is 9.59 Å². The number of carbonyl (C=O) groups is 2. The molecule has 0 radical (unpaired) electrons. The molecule has 0 aliphatic carbocycles. The van der Waals surface area contributed by atoms with Crippen LogP contribution in [0.2, 0.25) is 0 Å². The van der Waals surface area contributed by atoms with E-state index < -0.39 is 5.92 Å². The molecule has 25 heavy (non-hydrogen) atoms. The number of hydrogen-bond donors (Lipinski definition) is 1. The first kappa shape index (κ1) is 15.8. The van der Waals surface area contributed by atoms with Crippen LogP contribution in [-0.4, -0.2) is 39.9 Å². The molecule has 7 nitrogen and oxygen atoms in total. The van der Waals surface area contributed by atoms with E-state index in [9.17, 15) is 9.59 Å². The molecule has 1 N–H and O–H groups in total. The summed E-state index contributed by atoms with van der Waals surface area (Å²) in [5.41, 5.74) is 1.65. The lowest BCUT2D eigenvalue weighted by Gasteiger charge is -2.34. The Balaban J connectivity index is 1.47. The van der Waals surface area contributed by atoms with E-state index in [1.807, 2.05) is 29.2 Å². The van der Waals surface area contributed by atoms with Crippen LogP contribution in [0.4, 0.5) is 5.69 Å². The maximum absolute atomic E-state index is 13.0. The first-order chi connectivity index (χ1) is 12.1. The van der Waals surface area contributed by atoms with Crippen LogP contribution in [0.1, 0.15) is 48.4 Å². The molecule has 0 spiro atoms. The molecule has 1 atom stereocenters. The Bertz CT molecular complexity index is 808. The number of benzene rings is 1. The van der Waals surface area contributed by atoms with Gasteiger partial charge in [0.05, 0.1) is 5.92 Å². The number of amides is 2. The van der Waals surface area contributed by atoms with Gasteiger partial charge in [-0.05, 0) is 31.4 Å². The number of rotatable bonds is 2. The second-order valence-corrected chi connectivity index (χ2v) is 6.67. The second-order valence-electron chi connectivity index (χ2n) is 6.67. The topological polar surface area (TPSA) is 88.3 Å². The smallest absolute Gasteiger partial charge is 0.230 e. The fraction of sp³-hybridized carbons (Fsp3) is 0.444. The van der Waals surface area contributed by atoms with E-state index in [4.69, 9.17) is 4.52 Å². The highest BCUT2D eigenvalue weighted by molar-refractivity contribution is 6.01. The number of hydrogen-bond acceptors (Lipinski definition) is 5. The zero-order valence-electron chi connectivity index (χ0n) is 14.1. The van der Waals surface area contributed by atoms with Crippen molar-refractivity contribution in [1.29, 1.82) is 0 Å². The number of anilines is 1. The minimum Gasteiger partial charge on any atom is -0.342 e. The number of likely N-dealkylation sites (tertiary alicyclic amines) is 1. The van der Waals surface area contributed by atoms with Crippen LogP contribution in [0.25, 0.3) is 0 Å². The van der Waals surface area contributed by atoms with Crippen molar-refractivity contribution in [2.24, 2.45) is 0 Å². The predicted octanol–water partition coefficient (Wildman–Crippen LogP) is 2.21. The minimum atomic E-state index is -0.396. The number of piperidine rings is 1. The number of nitrogens with zero attached hydrogens (tertiary/aromatic N) is 3. The highest BCUT2D eigenvalue weighted by atomic mass is 16.5. The Morgan fingerprint density at radius 3 is 2.76 bits per heavy atom. The number of fused-ring (bicyclic) bond motifs is 1. The monoisotopic (exact) mass is 340 g/mol. The molecule has 3 heterocycles. The van der Waals surface area contributed by atoms with Gasteiger partial charge >= 0.3 is 0 Å². The molecule has 0 bridgehead atoms. The van der Waals surface area contributed by atoms with Crippen LogP contribution in [0.5, 0.6) is 0 Å². The van der Waals surface area contributed by atoms with Crippen molar-refractivity contribution >= 4 is 17.5 Å². The molecular weight excluding hydrogens is 320 g/mol. The Kier molecular flexibility index (Phi) is 3.99. The SMILES string of the molecule is Cc1noc(C2CCN(C(=O)C3CC(=O)Nc4ccccc43)CC2)n1. The van der Waals surface area contributed by atoms with Crippen LogP contribution in [0.15, 0.2) is 28.8 Å². The standard InChI is InChI=1S/C18H20N4O3/c1-11-19-17(25-21-11)12-6-8-22(9-7-12)18(24)14-10-16(23)20-15-5-3-2-4-13(14)15/h2-5,12,14H,6-10H2,1H3,(H,20,23). The summed E-state index contributed by atoms with van der Waals surface area (Å²) in [7, 11) is 0. The van der Waals surface area contributed by atoms with Gasteiger partial charge in [0.1, 0.15) is 0 Å². The van der Waals surface area contributed by atoms with Crippen molar-refractivity contribution in [2.45, 2.75) is 38.0 Å². The van der Waals surface area contributed by atoms with Crippen molar-refractivity contribution in [3.63, 3.8) is 0 Å². The third-order valence-corrected chi connectivity index (χ3v) is 5.00. The summed E-state index contributed by atoms with van der Waals surface area (Å²) in [5.74, 6) is 1.03. The molecule has 1 aromatic heterocycles. The summed E-state index contributed by atoms with van der Waals surface area (Å²) >= 11 is 0. The summed E-state index contributed by atoms with van der Waals surface area (Å²) in [6.45, 7) is 3.09. The van der Waals surface area contributed by atoms with Crippen LogP contribution < -0.4 is 5.32 Å². The van der Waals surface area contributed by atoms with E-state index in [1.165, 1.54) is 0 Å². The van der Waals surface area contributed by atoms with Gasteiger partial charge in [-0.25, -0.2) is 0 Å². The van der Waals surface area contributed by atoms with E-state index in [1.54, 1.807) is 6.92 Å². The normalized spacial score (nSPS) is 20.9. The zero-order chi connectivity index (χ0) is 17.4. The van der Waals surface area contributed by atoms with Gasteiger partial charge in [0.25, 0.3) is 0 Å². The van der Waals surface area contributed by atoms with Crippen LogP contribution in [-0.2, 0) is 9.59 Å². The molecule has 1 fully saturated rings. The Labute approximate surface area is 145 Å². The second kappa shape index (κ2) is 6.31. The largest absolute Gasteiger partial charge is 0.342 e. The molecule has 1 aromatic carbocycles. The molecule has 0 saturated carbocycles. The van der Waals surface area contributed by atoms with Crippen molar-refractivity contribution < 1.29 is 14.1 Å². The minimum absolute atomic E-state index is 0.0301. The molecule has 2 amide bonds. The molecule has 2 aromatic rings. The molecule has 1 saturated heterocycles. The lowest BCUT2D eigenvalue weighted by molar-refractivity contribution is -0.136. The van der Waals surface area contributed by atoms with E-state index >= 15 is 0 Å². The first-order valence-corrected chi connectivity index (χ1v) is 8.59. The van der Waals surface area contributed by atoms with Crippen molar-refractivity contribution in [1.82, 2.24) is 15.0 Å². The van der Waals surface area contributed by atoms with Gasteiger partial charge in [-0.2, -0.15) is 4.98 Å². The summed E-state index contributed by atoms with van der Waals surface area (Å²) in [6, 6.07) is 7.53. The van der Waals surface area contributed by atoms with Gasteiger partial charge in [0.15, 0.2) is 5.82 Å². The zero-order valence-corrected chi connectivity index (χ0v) is 14.1. The Morgan fingerprint density at radius 1 is 1.28 bits per heavy atom. The number of aryl methyl sites for hydroxylation is 1. The van der Waals surface area contributed by atoms with E-state index in [2.05, 4.69) is 15.5 Å². The van der Waals surface area contributed by atoms with E-state index in [-0.39, 0.29) is 24.2 Å². The van der Waals surface area contributed by atoms with Gasteiger partial charge in [0, 0.05) is 31.1 Å². The number of nitrogens with one attached hydrogen (secondary N) is 1. The summed E-state index contributed by atoms with van der Waals surface area (Å²) in [5, 5.41) is 6.68. The molecule has 7 heteroatoms. The number of para-hydroxylation sites is 1. The predicted molar refractivity (Wildman–Crippen MR) is 90.0 cm³/mol. The summed E-state index contributed by atoms with van der Waals surface area (Å²) in [4.78, 5) is 31.1. The average molecular weight is 340 g/mol. The van der Waals surface area contributed by atoms with Gasteiger partial charge in [-0.1, -0.05) is 23.4 Å². The lowest BCUT2D eigenvalue weighted by atomic mass is 9.88. The molecule has 4 rings (SSSR count). The summed E-state index contributed by atoms with van der Waals surface area (Å²) in [6.07, 6.45) is 1.81. The average Bonchev–Trinajstić information content (AvgIpc) is 3.07.